The maximum atomic E-state index is 13.1. The summed E-state index contributed by atoms with van der Waals surface area (Å²) in [5.41, 5.74) is 2.95. The fraction of sp³-hybridized carbons (Fsp3) is 0.304. The standard InChI is InChI=1S/C23H22N4O3S/c1-3-23(2)10-17-14(12-30-23)9-16-19-20(31-21(16)26-17)22(29)27(13-24-19)11-18(28)25-15-7-5-4-6-8-15/h4-9,13H,3,10-12H2,1-2H3,(H,25,28)/t23-/m1/s1. The van der Waals surface area contributed by atoms with E-state index in [1.54, 1.807) is 12.1 Å². The number of anilines is 1. The second-order valence-corrected chi connectivity index (χ2v) is 9.09. The van der Waals surface area contributed by atoms with E-state index < -0.39 is 0 Å². The molecule has 0 radical (unpaired) electrons. The number of thiophene rings is 1. The van der Waals surface area contributed by atoms with Gasteiger partial charge in [0.05, 0.1) is 29.7 Å². The van der Waals surface area contributed by atoms with Crippen LogP contribution in [-0.4, -0.2) is 26.0 Å². The average Bonchev–Trinajstić information content (AvgIpc) is 3.13. The molecule has 0 fully saturated rings. The molecule has 1 amide bonds. The summed E-state index contributed by atoms with van der Waals surface area (Å²) >= 11 is 1.33. The first-order valence-electron chi connectivity index (χ1n) is 10.2. The molecule has 1 atom stereocenters. The van der Waals surface area contributed by atoms with Gasteiger partial charge in [-0.1, -0.05) is 25.1 Å². The van der Waals surface area contributed by atoms with Crippen molar-refractivity contribution in [3.8, 4) is 0 Å². The van der Waals surface area contributed by atoms with E-state index in [4.69, 9.17) is 9.72 Å². The fourth-order valence-electron chi connectivity index (χ4n) is 3.82. The molecule has 0 saturated carbocycles. The highest BCUT2D eigenvalue weighted by Crippen LogP contribution is 2.35. The lowest BCUT2D eigenvalue weighted by atomic mass is 9.91. The second-order valence-electron chi connectivity index (χ2n) is 8.09. The smallest absolute Gasteiger partial charge is 0.271 e. The molecule has 1 N–H and O–H groups in total. The van der Waals surface area contributed by atoms with Crippen LogP contribution in [-0.2, 0) is 29.1 Å². The van der Waals surface area contributed by atoms with Gasteiger partial charge in [-0.25, -0.2) is 9.97 Å². The summed E-state index contributed by atoms with van der Waals surface area (Å²) in [7, 11) is 0. The van der Waals surface area contributed by atoms with E-state index in [9.17, 15) is 9.59 Å². The lowest BCUT2D eigenvalue weighted by Gasteiger charge is -2.33. The number of rotatable bonds is 4. The van der Waals surface area contributed by atoms with Crippen LogP contribution in [0, 0.1) is 0 Å². The highest BCUT2D eigenvalue weighted by atomic mass is 32.1. The normalized spacial score (nSPS) is 18.3. The van der Waals surface area contributed by atoms with Gasteiger partial charge in [-0.2, -0.15) is 0 Å². The summed E-state index contributed by atoms with van der Waals surface area (Å²) in [5, 5.41) is 3.65. The zero-order chi connectivity index (χ0) is 21.6. The minimum absolute atomic E-state index is 0.0997. The van der Waals surface area contributed by atoms with Crippen molar-refractivity contribution in [2.24, 2.45) is 0 Å². The monoisotopic (exact) mass is 434 g/mol. The molecule has 1 aliphatic rings. The summed E-state index contributed by atoms with van der Waals surface area (Å²) in [6, 6.07) is 11.2. The van der Waals surface area contributed by atoms with E-state index in [-0.39, 0.29) is 23.6 Å². The van der Waals surface area contributed by atoms with Gasteiger partial charge < -0.3 is 10.1 Å². The first kappa shape index (κ1) is 19.8. The van der Waals surface area contributed by atoms with Crippen LogP contribution in [0.5, 0.6) is 0 Å². The molecule has 5 rings (SSSR count). The van der Waals surface area contributed by atoms with E-state index in [2.05, 4.69) is 24.1 Å². The summed E-state index contributed by atoms with van der Waals surface area (Å²) in [6.07, 6.45) is 3.10. The number of amides is 1. The molecule has 1 aromatic carbocycles. The predicted octanol–water partition coefficient (Wildman–Crippen LogP) is 3.89. The summed E-state index contributed by atoms with van der Waals surface area (Å²) < 4.78 is 7.90. The maximum Gasteiger partial charge on any atom is 0.271 e. The predicted molar refractivity (Wildman–Crippen MR) is 121 cm³/mol. The molecular formula is C23H22N4O3S. The number of hydrogen-bond donors (Lipinski definition) is 1. The topological polar surface area (TPSA) is 86.1 Å². The second kappa shape index (κ2) is 7.55. The van der Waals surface area contributed by atoms with Crippen molar-refractivity contribution >= 4 is 43.4 Å². The van der Waals surface area contributed by atoms with E-state index in [0.717, 1.165) is 34.3 Å². The molecule has 0 spiro atoms. The third kappa shape index (κ3) is 3.62. The number of benzene rings is 1. The summed E-state index contributed by atoms with van der Waals surface area (Å²) in [6.45, 7) is 4.63. The Morgan fingerprint density at radius 1 is 1.32 bits per heavy atom. The molecule has 158 valence electrons. The summed E-state index contributed by atoms with van der Waals surface area (Å²) in [5.74, 6) is -0.278. The quantitative estimate of drug-likeness (QED) is 0.527. The fourth-order valence-corrected chi connectivity index (χ4v) is 4.90. The average molecular weight is 435 g/mol. The third-order valence-corrected chi connectivity index (χ3v) is 6.92. The number of para-hydroxylation sites is 1. The van der Waals surface area contributed by atoms with Gasteiger partial charge in [-0.3, -0.25) is 14.2 Å². The lowest BCUT2D eigenvalue weighted by molar-refractivity contribution is -0.116. The van der Waals surface area contributed by atoms with Gasteiger partial charge in [0.15, 0.2) is 0 Å². The molecule has 1 aliphatic heterocycles. The van der Waals surface area contributed by atoms with Gasteiger partial charge in [0, 0.05) is 23.1 Å². The van der Waals surface area contributed by atoms with Gasteiger partial charge in [0.2, 0.25) is 5.91 Å². The van der Waals surface area contributed by atoms with Crippen LogP contribution >= 0.6 is 11.3 Å². The zero-order valence-electron chi connectivity index (χ0n) is 17.3. The molecule has 31 heavy (non-hydrogen) atoms. The number of ether oxygens (including phenoxy) is 1. The van der Waals surface area contributed by atoms with E-state index in [0.29, 0.717) is 22.5 Å². The van der Waals surface area contributed by atoms with Crippen molar-refractivity contribution in [1.82, 2.24) is 14.5 Å². The number of nitrogens with zero attached hydrogens (tertiary/aromatic N) is 3. The lowest BCUT2D eigenvalue weighted by Crippen LogP contribution is -2.35. The SMILES string of the molecule is CC[C@]1(C)Cc2nc3sc4c(=O)n(CC(=O)Nc5ccccc5)cnc4c3cc2CO1. The summed E-state index contributed by atoms with van der Waals surface area (Å²) in [4.78, 5) is 35.6. The Kier molecular flexibility index (Phi) is 4.83. The number of pyridine rings is 1. The third-order valence-electron chi connectivity index (χ3n) is 5.84. The number of carbonyl (C=O) groups excluding carboxylic acids is 1. The molecule has 4 aromatic rings. The van der Waals surface area contributed by atoms with E-state index in [1.807, 2.05) is 24.3 Å². The van der Waals surface area contributed by atoms with Crippen LogP contribution in [0.15, 0.2) is 47.5 Å². The van der Waals surface area contributed by atoms with Crippen molar-refractivity contribution < 1.29 is 9.53 Å². The van der Waals surface area contributed by atoms with Crippen molar-refractivity contribution in [1.29, 1.82) is 0 Å². The van der Waals surface area contributed by atoms with Crippen molar-refractivity contribution in [2.45, 2.75) is 45.4 Å². The number of carbonyl (C=O) groups is 1. The minimum atomic E-state index is -0.278. The number of fused-ring (bicyclic) bond motifs is 4. The Balaban J connectivity index is 1.49. The van der Waals surface area contributed by atoms with Crippen molar-refractivity contribution in [2.75, 3.05) is 5.32 Å². The molecule has 0 bridgehead atoms. The van der Waals surface area contributed by atoms with Crippen LogP contribution in [0.2, 0.25) is 0 Å². The van der Waals surface area contributed by atoms with Gasteiger partial charge >= 0.3 is 0 Å². The largest absolute Gasteiger partial charge is 0.370 e. The maximum absolute atomic E-state index is 13.1. The van der Waals surface area contributed by atoms with Gasteiger partial charge in [-0.15, -0.1) is 11.3 Å². The van der Waals surface area contributed by atoms with Crippen LogP contribution in [0.3, 0.4) is 0 Å². The van der Waals surface area contributed by atoms with Crippen molar-refractivity contribution in [3.05, 3.63) is 64.3 Å². The van der Waals surface area contributed by atoms with Crippen LogP contribution in [0.4, 0.5) is 5.69 Å². The Bertz CT molecular complexity index is 1360. The highest BCUT2D eigenvalue weighted by molar-refractivity contribution is 7.25. The van der Waals surface area contributed by atoms with Crippen molar-refractivity contribution in [3.63, 3.8) is 0 Å². The van der Waals surface area contributed by atoms with Crippen LogP contribution in [0.1, 0.15) is 31.5 Å². The van der Waals surface area contributed by atoms with Gasteiger partial charge in [0.1, 0.15) is 16.1 Å². The number of nitrogens with one attached hydrogen (secondary N) is 1. The Hall–Kier alpha value is -3.10. The van der Waals surface area contributed by atoms with E-state index >= 15 is 0 Å². The zero-order valence-corrected chi connectivity index (χ0v) is 18.2. The van der Waals surface area contributed by atoms with E-state index in [1.165, 1.54) is 22.2 Å². The molecular weight excluding hydrogens is 412 g/mol. The molecule has 0 aliphatic carbocycles. The number of aromatic nitrogens is 3. The molecule has 0 saturated heterocycles. The molecule has 4 heterocycles. The highest BCUT2D eigenvalue weighted by Gasteiger charge is 2.31. The Morgan fingerprint density at radius 3 is 2.90 bits per heavy atom. The Labute approximate surface area is 182 Å². The van der Waals surface area contributed by atoms with Crippen LogP contribution in [0.25, 0.3) is 20.4 Å². The number of hydrogen-bond acceptors (Lipinski definition) is 6. The minimum Gasteiger partial charge on any atom is -0.370 e. The molecule has 3 aromatic heterocycles. The molecule has 0 unspecified atom stereocenters. The Morgan fingerprint density at radius 2 is 2.13 bits per heavy atom. The molecule has 8 heteroatoms. The van der Waals surface area contributed by atoms with Gasteiger partial charge in [0.25, 0.3) is 5.56 Å². The molecule has 7 nitrogen and oxygen atoms in total. The first-order valence-corrected chi connectivity index (χ1v) is 11.1. The van der Waals surface area contributed by atoms with Crippen LogP contribution < -0.4 is 10.9 Å². The van der Waals surface area contributed by atoms with Gasteiger partial charge in [-0.05, 0) is 31.5 Å². The first-order chi connectivity index (χ1) is 15.0.